The number of aromatic hydroxyl groups is 1. The highest BCUT2D eigenvalue weighted by molar-refractivity contribution is 5.95. The van der Waals surface area contributed by atoms with Gasteiger partial charge in [0.2, 0.25) is 0 Å². The van der Waals surface area contributed by atoms with Crippen molar-refractivity contribution in [3.8, 4) is 16.9 Å². The van der Waals surface area contributed by atoms with Crippen molar-refractivity contribution >= 4 is 17.0 Å². The number of H-pyrrole nitrogens is 1. The molecule has 0 aliphatic carbocycles. The number of benzene rings is 2. The number of phenolic OH excluding ortho intramolecular Hbond substituents is 1. The third-order valence-corrected chi connectivity index (χ3v) is 3.91. The minimum absolute atomic E-state index is 0.159. The van der Waals surface area contributed by atoms with Crippen LogP contribution >= 0.6 is 0 Å². The average Bonchev–Trinajstić information content (AvgIpc) is 3.06. The van der Waals surface area contributed by atoms with Crippen LogP contribution in [0.15, 0.2) is 48.6 Å². The lowest BCUT2D eigenvalue weighted by Gasteiger charge is -2.13. The molecule has 0 saturated carbocycles. The van der Waals surface area contributed by atoms with E-state index in [1.165, 1.54) is 0 Å². The van der Waals surface area contributed by atoms with Gasteiger partial charge in [0, 0.05) is 22.8 Å². The number of hydrogen-bond acceptors (Lipinski definition) is 5. The molecule has 1 heterocycles. The number of nitrogens with one attached hydrogen (secondary N) is 1. The van der Waals surface area contributed by atoms with Crippen LogP contribution in [0.3, 0.4) is 0 Å². The normalized spacial score (nSPS) is 10.8. The van der Waals surface area contributed by atoms with Crippen molar-refractivity contribution in [2.45, 2.75) is 19.8 Å². The van der Waals surface area contributed by atoms with E-state index in [1.807, 2.05) is 30.3 Å². The summed E-state index contributed by atoms with van der Waals surface area (Å²) in [4.78, 5) is 11.5. The Labute approximate surface area is 145 Å². The minimum atomic E-state index is -0.403. The lowest BCUT2D eigenvalue weighted by Crippen LogP contribution is -2.07. The molecule has 0 radical (unpaired) electrons. The second-order valence-corrected chi connectivity index (χ2v) is 5.83. The Bertz CT molecular complexity index is 916. The van der Waals surface area contributed by atoms with Crippen molar-refractivity contribution in [3.63, 3.8) is 0 Å². The van der Waals surface area contributed by atoms with Gasteiger partial charge < -0.3 is 9.84 Å². The number of esters is 1. The van der Waals surface area contributed by atoms with Crippen LogP contribution in [0, 0.1) is 0 Å². The maximum atomic E-state index is 11.5. The number of carbonyl (C=O) groups is 1. The molecule has 0 unspecified atom stereocenters. The summed E-state index contributed by atoms with van der Waals surface area (Å²) in [6.45, 7) is 5.43. The standard InChI is InChI=1S/C19H19N3O3/c1-12(2)19(24)25-10-6-9-14-16(23)11-15-18(21-22-20-15)17(14)13-7-4-3-5-8-13/h3-5,7-8,11,23H,1,6,9-10H2,2H3,(H,20,21,22). The van der Waals surface area contributed by atoms with E-state index in [2.05, 4.69) is 22.0 Å². The van der Waals surface area contributed by atoms with Gasteiger partial charge in [0.25, 0.3) is 0 Å². The molecule has 0 saturated heterocycles. The average molecular weight is 337 g/mol. The Kier molecular flexibility index (Phi) is 4.79. The van der Waals surface area contributed by atoms with Crippen molar-refractivity contribution in [2.75, 3.05) is 6.61 Å². The monoisotopic (exact) mass is 337 g/mol. The molecule has 3 rings (SSSR count). The summed E-state index contributed by atoms with van der Waals surface area (Å²) in [5.74, 6) is -0.245. The molecule has 6 nitrogen and oxygen atoms in total. The fourth-order valence-electron chi connectivity index (χ4n) is 2.72. The maximum Gasteiger partial charge on any atom is 0.333 e. The predicted molar refractivity (Wildman–Crippen MR) is 95.1 cm³/mol. The highest BCUT2D eigenvalue weighted by atomic mass is 16.5. The van der Waals surface area contributed by atoms with E-state index in [0.717, 1.165) is 16.7 Å². The van der Waals surface area contributed by atoms with Crippen LogP contribution in [0.5, 0.6) is 5.75 Å². The Morgan fingerprint density at radius 2 is 2.04 bits per heavy atom. The number of phenols is 1. The zero-order chi connectivity index (χ0) is 17.8. The highest BCUT2D eigenvalue weighted by Crippen LogP contribution is 2.36. The largest absolute Gasteiger partial charge is 0.508 e. The quantitative estimate of drug-likeness (QED) is 0.409. The smallest absolute Gasteiger partial charge is 0.333 e. The summed E-state index contributed by atoms with van der Waals surface area (Å²) in [5.41, 5.74) is 4.24. The third-order valence-electron chi connectivity index (χ3n) is 3.91. The van der Waals surface area contributed by atoms with Crippen LogP contribution in [0.4, 0.5) is 0 Å². The molecule has 0 amide bonds. The fraction of sp³-hybridized carbons (Fsp3) is 0.211. The summed E-state index contributed by atoms with van der Waals surface area (Å²) in [5, 5.41) is 21.4. The van der Waals surface area contributed by atoms with E-state index in [-0.39, 0.29) is 12.4 Å². The molecule has 2 aromatic carbocycles. The molecule has 1 aromatic heterocycles. The maximum absolute atomic E-state index is 11.5. The van der Waals surface area contributed by atoms with E-state index < -0.39 is 5.97 Å². The van der Waals surface area contributed by atoms with Crippen LogP contribution in [0.25, 0.3) is 22.2 Å². The van der Waals surface area contributed by atoms with E-state index >= 15 is 0 Å². The number of carbonyl (C=O) groups excluding carboxylic acids is 1. The van der Waals surface area contributed by atoms with E-state index in [4.69, 9.17) is 4.74 Å². The van der Waals surface area contributed by atoms with E-state index in [0.29, 0.717) is 29.4 Å². The summed E-state index contributed by atoms with van der Waals surface area (Å²) < 4.78 is 5.13. The predicted octanol–water partition coefficient (Wildman–Crippen LogP) is 3.38. The zero-order valence-electron chi connectivity index (χ0n) is 14.0. The summed E-state index contributed by atoms with van der Waals surface area (Å²) >= 11 is 0. The molecule has 128 valence electrons. The van der Waals surface area contributed by atoms with Gasteiger partial charge in [0.1, 0.15) is 16.8 Å². The number of rotatable bonds is 6. The number of ether oxygens (including phenoxy) is 1. The Balaban J connectivity index is 1.90. The Hall–Kier alpha value is -3.15. The van der Waals surface area contributed by atoms with Crippen LogP contribution in [-0.4, -0.2) is 33.1 Å². The highest BCUT2D eigenvalue weighted by Gasteiger charge is 2.17. The first-order valence-corrected chi connectivity index (χ1v) is 8.01. The van der Waals surface area contributed by atoms with Gasteiger partial charge in [-0.05, 0) is 25.3 Å². The molecule has 0 aliphatic rings. The number of nitrogens with zero attached hydrogens (tertiary/aromatic N) is 2. The van der Waals surface area contributed by atoms with Gasteiger partial charge in [-0.25, -0.2) is 4.79 Å². The van der Waals surface area contributed by atoms with Gasteiger partial charge in [-0.1, -0.05) is 36.9 Å². The molecule has 0 aliphatic heterocycles. The number of hydrogen-bond donors (Lipinski definition) is 2. The van der Waals surface area contributed by atoms with Gasteiger partial charge in [0.15, 0.2) is 0 Å². The lowest BCUT2D eigenvalue weighted by atomic mass is 9.94. The van der Waals surface area contributed by atoms with Crippen molar-refractivity contribution in [1.29, 1.82) is 0 Å². The van der Waals surface area contributed by atoms with Gasteiger partial charge in [-0.2, -0.15) is 15.4 Å². The summed E-state index contributed by atoms with van der Waals surface area (Å²) in [6, 6.07) is 11.3. The van der Waals surface area contributed by atoms with Gasteiger partial charge in [0.05, 0.1) is 6.61 Å². The molecule has 3 aromatic rings. The minimum Gasteiger partial charge on any atom is -0.508 e. The third kappa shape index (κ3) is 3.52. The molecule has 0 atom stereocenters. The van der Waals surface area contributed by atoms with Gasteiger partial charge in [-0.15, -0.1) is 0 Å². The second-order valence-electron chi connectivity index (χ2n) is 5.83. The topological polar surface area (TPSA) is 88.1 Å². The summed E-state index contributed by atoms with van der Waals surface area (Å²) in [6.07, 6.45) is 1.12. The van der Waals surface area contributed by atoms with Crippen molar-refractivity contribution in [1.82, 2.24) is 15.4 Å². The first kappa shape index (κ1) is 16.7. The number of fused-ring (bicyclic) bond motifs is 1. The van der Waals surface area contributed by atoms with Crippen LogP contribution in [-0.2, 0) is 16.0 Å². The van der Waals surface area contributed by atoms with E-state index in [9.17, 15) is 9.90 Å². The first-order chi connectivity index (χ1) is 12.1. The van der Waals surface area contributed by atoms with Crippen molar-refractivity contribution < 1.29 is 14.6 Å². The summed E-state index contributed by atoms with van der Waals surface area (Å²) in [7, 11) is 0. The Morgan fingerprint density at radius 3 is 2.76 bits per heavy atom. The molecular weight excluding hydrogens is 318 g/mol. The number of aromatic nitrogens is 3. The van der Waals surface area contributed by atoms with Crippen LogP contribution in [0.2, 0.25) is 0 Å². The molecule has 6 heteroatoms. The van der Waals surface area contributed by atoms with E-state index in [1.54, 1.807) is 13.0 Å². The van der Waals surface area contributed by atoms with Gasteiger partial charge >= 0.3 is 5.97 Å². The fourth-order valence-corrected chi connectivity index (χ4v) is 2.72. The molecule has 2 N–H and O–H groups in total. The molecule has 0 fully saturated rings. The SMILES string of the molecule is C=C(C)C(=O)OCCCc1c(O)cc2n[nH]nc2c1-c1ccccc1. The number of aromatic amines is 1. The van der Waals surface area contributed by atoms with Gasteiger partial charge in [-0.3, -0.25) is 0 Å². The van der Waals surface area contributed by atoms with Crippen molar-refractivity contribution in [3.05, 3.63) is 54.1 Å². The van der Waals surface area contributed by atoms with Crippen molar-refractivity contribution in [2.24, 2.45) is 0 Å². The van der Waals surface area contributed by atoms with Crippen LogP contribution in [0.1, 0.15) is 18.9 Å². The van der Waals surface area contributed by atoms with Crippen LogP contribution < -0.4 is 0 Å². The second kappa shape index (κ2) is 7.17. The zero-order valence-corrected chi connectivity index (χ0v) is 14.0. The first-order valence-electron chi connectivity index (χ1n) is 8.01. The molecule has 0 spiro atoms. The molecular formula is C19H19N3O3. The molecule has 25 heavy (non-hydrogen) atoms. The lowest BCUT2D eigenvalue weighted by molar-refractivity contribution is -0.139. The molecule has 0 bridgehead atoms. The Morgan fingerprint density at radius 1 is 1.28 bits per heavy atom.